The smallest absolute Gasteiger partial charge is 0.275 e. The first-order valence-electron chi connectivity index (χ1n) is 6.31. The number of hydrogen-bond acceptors (Lipinski definition) is 3. The molecule has 0 radical (unpaired) electrons. The van der Waals surface area contributed by atoms with E-state index in [1.54, 1.807) is 18.5 Å². The Bertz CT molecular complexity index is 718. The van der Waals surface area contributed by atoms with Crippen molar-refractivity contribution >= 4 is 17.8 Å². The van der Waals surface area contributed by atoms with Crippen LogP contribution in [0.15, 0.2) is 59.5 Å². The first-order valence-corrected chi connectivity index (χ1v) is 6.31. The van der Waals surface area contributed by atoms with Crippen molar-refractivity contribution in [3.8, 4) is 0 Å². The molecule has 3 rings (SSSR count). The number of amidine groups is 1. The molecule has 2 aromatic rings. The lowest BCUT2D eigenvalue weighted by Crippen LogP contribution is -2.24. The zero-order valence-electron chi connectivity index (χ0n) is 11.0. The van der Waals surface area contributed by atoms with Gasteiger partial charge in [-0.3, -0.25) is 9.78 Å². The molecule has 0 saturated carbocycles. The maximum atomic E-state index is 11.9. The van der Waals surface area contributed by atoms with Crippen molar-refractivity contribution in [2.75, 3.05) is 0 Å². The Labute approximate surface area is 116 Å². The largest absolute Gasteiger partial charge is 0.305 e. The SMILES string of the molecule is Cc1cccc(/C=C2/N=C(c3cccnc3)NC2=O)c1. The fraction of sp³-hybridized carbons (Fsp3) is 0.0625. The summed E-state index contributed by atoms with van der Waals surface area (Å²) in [6.07, 6.45) is 5.14. The summed E-state index contributed by atoms with van der Waals surface area (Å²) in [6.45, 7) is 2.01. The second-order valence-electron chi connectivity index (χ2n) is 4.60. The van der Waals surface area contributed by atoms with Crippen LogP contribution in [0.3, 0.4) is 0 Å². The van der Waals surface area contributed by atoms with Gasteiger partial charge in [0.05, 0.1) is 0 Å². The number of aryl methyl sites for hydroxylation is 1. The van der Waals surface area contributed by atoms with Crippen molar-refractivity contribution in [3.05, 3.63) is 71.2 Å². The minimum Gasteiger partial charge on any atom is -0.305 e. The number of pyridine rings is 1. The van der Waals surface area contributed by atoms with E-state index in [-0.39, 0.29) is 5.91 Å². The number of nitrogens with zero attached hydrogens (tertiary/aromatic N) is 2. The first kappa shape index (κ1) is 12.3. The molecule has 0 bridgehead atoms. The van der Waals surface area contributed by atoms with Crippen LogP contribution in [-0.4, -0.2) is 16.7 Å². The second-order valence-corrected chi connectivity index (χ2v) is 4.60. The van der Waals surface area contributed by atoms with Crippen LogP contribution in [0, 0.1) is 6.92 Å². The van der Waals surface area contributed by atoms with E-state index in [1.807, 2.05) is 43.3 Å². The summed E-state index contributed by atoms with van der Waals surface area (Å²) < 4.78 is 0. The van der Waals surface area contributed by atoms with Crippen molar-refractivity contribution in [2.45, 2.75) is 6.92 Å². The Kier molecular flexibility index (Phi) is 3.13. The van der Waals surface area contributed by atoms with Gasteiger partial charge in [-0.2, -0.15) is 0 Å². The Balaban J connectivity index is 1.95. The third kappa shape index (κ3) is 2.49. The van der Waals surface area contributed by atoms with Crippen LogP contribution in [0.5, 0.6) is 0 Å². The summed E-state index contributed by atoms with van der Waals surface area (Å²) in [5.74, 6) is 0.354. The third-order valence-corrected chi connectivity index (χ3v) is 2.98. The lowest BCUT2D eigenvalue weighted by atomic mass is 10.1. The van der Waals surface area contributed by atoms with Gasteiger partial charge in [-0.15, -0.1) is 0 Å². The highest BCUT2D eigenvalue weighted by atomic mass is 16.2. The average molecular weight is 263 g/mol. The van der Waals surface area contributed by atoms with Gasteiger partial charge in [-0.1, -0.05) is 29.8 Å². The van der Waals surface area contributed by atoms with E-state index in [2.05, 4.69) is 15.3 Å². The molecular formula is C16H13N3O. The van der Waals surface area contributed by atoms with Crippen molar-refractivity contribution in [2.24, 2.45) is 4.99 Å². The van der Waals surface area contributed by atoms with Crippen LogP contribution in [0.2, 0.25) is 0 Å². The summed E-state index contributed by atoms with van der Waals surface area (Å²) in [6, 6.07) is 11.6. The van der Waals surface area contributed by atoms with Crippen LogP contribution in [0.1, 0.15) is 16.7 Å². The molecule has 1 aromatic heterocycles. The van der Waals surface area contributed by atoms with Crippen LogP contribution in [-0.2, 0) is 4.79 Å². The number of hydrogen-bond donors (Lipinski definition) is 1. The highest BCUT2D eigenvalue weighted by Gasteiger charge is 2.20. The number of carbonyl (C=O) groups is 1. The van der Waals surface area contributed by atoms with Gasteiger partial charge in [-0.25, -0.2) is 4.99 Å². The van der Waals surface area contributed by atoms with Crippen molar-refractivity contribution in [3.63, 3.8) is 0 Å². The molecule has 0 unspecified atom stereocenters. The number of rotatable bonds is 2. The van der Waals surface area contributed by atoms with Crippen molar-refractivity contribution < 1.29 is 4.79 Å². The van der Waals surface area contributed by atoms with E-state index in [4.69, 9.17) is 0 Å². The zero-order valence-corrected chi connectivity index (χ0v) is 11.0. The van der Waals surface area contributed by atoms with E-state index in [0.717, 1.165) is 16.7 Å². The standard InChI is InChI=1S/C16H13N3O/c1-11-4-2-5-12(8-11)9-14-16(20)19-15(18-14)13-6-3-7-17-10-13/h2-10H,1H3,(H,18,19,20)/b14-9+. The first-order chi connectivity index (χ1) is 9.72. The molecule has 20 heavy (non-hydrogen) atoms. The monoisotopic (exact) mass is 263 g/mol. The summed E-state index contributed by atoms with van der Waals surface area (Å²) in [4.78, 5) is 20.3. The lowest BCUT2D eigenvalue weighted by Gasteiger charge is -1.97. The topological polar surface area (TPSA) is 54.4 Å². The number of nitrogens with one attached hydrogen (secondary N) is 1. The minimum atomic E-state index is -0.189. The minimum absolute atomic E-state index is 0.189. The number of aromatic nitrogens is 1. The zero-order chi connectivity index (χ0) is 13.9. The molecule has 0 spiro atoms. The highest BCUT2D eigenvalue weighted by Crippen LogP contribution is 2.15. The van der Waals surface area contributed by atoms with E-state index >= 15 is 0 Å². The molecule has 0 atom stereocenters. The van der Waals surface area contributed by atoms with Gasteiger partial charge >= 0.3 is 0 Å². The second kappa shape index (κ2) is 5.09. The molecule has 1 amide bonds. The van der Waals surface area contributed by atoms with Crippen molar-refractivity contribution in [1.82, 2.24) is 10.3 Å². The maximum Gasteiger partial charge on any atom is 0.275 e. The molecule has 0 saturated heterocycles. The van der Waals surface area contributed by atoms with Crippen LogP contribution >= 0.6 is 0 Å². The molecular weight excluding hydrogens is 250 g/mol. The quantitative estimate of drug-likeness (QED) is 0.845. The molecule has 4 heteroatoms. The van der Waals surface area contributed by atoms with E-state index in [1.165, 1.54) is 0 Å². The van der Waals surface area contributed by atoms with Crippen molar-refractivity contribution in [1.29, 1.82) is 0 Å². The summed E-state index contributed by atoms with van der Waals surface area (Å²) in [5, 5.41) is 2.76. The number of carbonyl (C=O) groups excluding carboxylic acids is 1. The predicted molar refractivity (Wildman–Crippen MR) is 78.1 cm³/mol. The Morgan fingerprint density at radius 2 is 2.10 bits per heavy atom. The molecule has 2 heterocycles. The van der Waals surface area contributed by atoms with Crippen LogP contribution in [0.25, 0.3) is 6.08 Å². The Morgan fingerprint density at radius 1 is 1.20 bits per heavy atom. The average Bonchev–Trinajstić information content (AvgIpc) is 2.81. The molecule has 1 aliphatic rings. The van der Waals surface area contributed by atoms with Gasteiger partial charge in [-0.05, 0) is 30.7 Å². The number of aliphatic imine (C=N–C) groups is 1. The lowest BCUT2D eigenvalue weighted by molar-refractivity contribution is -0.115. The van der Waals surface area contributed by atoms with E-state index in [0.29, 0.717) is 11.5 Å². The van der Waals surface area contributed by atoms with Gasteiger partial charge < -0.3 is 5.32 Å². The molecule has 0 aliphatic carbocycles. The number of amides is 1. The maximum absolute atomic E-state index is 11.9. The predicted octanol–water partition coefficient (Wildman–Crippen LogP) is 2.31. The molecule has 4 nitrogen and oxygen atoms in total. The molecule has 98 valence electrons. The van der Waals surface area contributed by atoms with Gasteiger partial charge in [0.25, 0.3) is 5.91 Å². The van der Waals surface area contributed by atoms with E-state index < -0.39 is 0 Å². The molecule has 1 N–H and O–H groups in total. The van der Waals surface area contributed by atoms with Crippen LogP contribution < -0.4 is 5.32 Å². The van der Waals surface area contributed by atoms with Gasteiger partial charge in [0.1, 0.15) is 11.5 Å². The molecule has 0 fully saturated rings. The van der Waals surface area contributed by atoms with Gasteiger partial charge in [0.2, 0.25) is 0 Å². The third-order valence-electron chi connectivity index (χ3n) is 2.98. The summed E-state index contributed by atoms with van der Waals surface area (Å²) >= 11 is 0. The van der Waals surface area contributed by atoms with Gasteiger partial charge in [0, 0.05) is 18.0 Å². The van der Waals surface area contributed by atoms with E-state index in [9.17, 15) is 4.79 Å². The Hall–Kier alpha value is -2.75. The fourth-order valence-electron chi connectivity index (χ4n) is 2.03. The Morgan fingerprint density at radius 3 is 2.85 bits per heavy atom. The van der Waals surface area contributed by atoms with Gasteiger partial charge in [0.15, 0.2) is 0 Å². The fourth-order valence-corrected chi connectivity index (χ4v) is 2.03. The number of benzene rings is 1. The molecule has 1 aliphatic heterocycles. The summed E-state index contributed by atoms with van der Waals surface area (Å²) in [7, 11) is 0. The normalized spacial score (nSPS) is 16.1. The molecule has 1 aromatic carbocycles. The highest BCUT2D eigenvalue weighted by molar-refractivity contribution is 6.19. The summed E-state index contributed by atoms with van der Waals surface area (Å²) in [5.41, 5.74) is 3.32. The van der Waals surface area contributed by atoms with Crippen LogP contribution in [0.4, 0.5) is 0 Å².